The predicted octanol–water partition coefficient (Wildman–Crippen LogP) is 3.87. The Bertz CT molecular complexity index is 791. The van der Waals surface area contributed by atoms with Crippen molar-refractivity contribution in [2.75, 3.05) is 6.54 Å². The molecule has 5 heteroatoms. The monoisotopic (exact) mass is 343 g/mol. The van der Waals surface area contributed by atoms with Gasteiger partial charge in [0, 0.05) is 46.4 Å². The fourth-order valence-electron chi connectivity index (χ4n) is 4.25. The number of likely N-dealkylation sites (tertiary alicyclic amines) is 1. The zero-order chi connectivity index (χ0) is 17.0. The fraction of sp³-hybridized carbons (Fsp3) is 0.579. The molecule has 4 nitrogen and oxygen atoms in total. The lowest BCUT2D eigenvalue weighted by Gasteiger charge is -2.25. The number of hydrogen-bond acceptors (Lipinski definition) is 3. The number of carbonyl (C=O) groups excluding carboxylic acids is 1. The quantitative estimate of drug-likeness (QED) is 0.848. The van der Waals surface area contributed by atoms with E-state index < -0.39 is 0 Å². The highest BCUT2D eigenvalue weighted by Crippen LogP contribution is 2.52. The van der Waals surface area contributed by atoms with Crippen LogP contribution in [0.4, 0.5) is 0 Å². The van der Waals surface area contributed by atoms with Crippen molar-refractivity contribution in [2.24, 2.45) is 13.0 Å². The molecule has 2 aromatic rings. The largest absolute Gasteiger partial charge is 0.335 e. The predicted molar refractivity (Wildman–Crippen MR) is 96.3 cm³/mol. The average molecular weight is 343 g/mol. The van der Waals surface area contributed by atoms with Crippen molar-refractivity contribution in [3.63, 3.8) is 0 Å². The van der Waals surface area contributed by atoms with Gasteiger partial charge in [-0.05, 0) is 52.2 Å². The van der Waals surface area contributed by atoms with E-state index in [-0.39, 0.29) is 12.0 Å². The molecule has 0 aromatic carbocycles. The van der Waals surface area contributed by atoms with E-state index in [2.05, 4.69) is 42.9 Å². The van der Waals surface area contributed by atoms with Crippen molar-refractivity contribution in [3.05, 3.63) is 38.8 Å². The van der Waals surface area contributed by atoms with Crippen LogP contribution in [0, 0.1) is 26.7 Å². The number of nitrogens with zero attached hydrogens (tertiary/aromatic N) is 3. The van der Waals surface area contributed by atoms with Crippen molar-refractivity contribution in [1.29, 1.82) is 0 Å². The molecular weight excluding hydrogens is 318 g/mol. The molecule has 128 valence electrons. The number of rotatable bonds is 3. The number of aromatic nitrogens is 2. The zero-order valence-electron chi connectivity index (χ0n) is 14.9. The van der Waals surface area contributed by atoms with Gasteiger partial charge in [0.25, 0.3) is 0 Å². The summed E-state index contributed by atoms with van der Waals surface area (Å²) in [5.74, 6) is 1.01. The normalized spacial score (nSPS) is 26.2. The van der Waals surface area contributed by atoms with Gasteiger partial charge in [-0.2, -0.15) is 5.10 Å². The Balaban J connectivity index is 1.54. The Hall–Kier alpha value is -1.62. The van der Waals surface area contributed by atoms with E-state index in [4.69, 9.17) is 0 Å². The molecule has 1 saturated heterocycles. The van der Waals surface area contributed by atoms with E-state index in [9.17, 15) is 4.79 Å². The van der Waals surface area contributed by atoms with E-state index in [1.807, 2.05) is 23.1 Å². The third-order valence-electron chi connectivity index (χ3n) is 5.67. The van der Waals surface area contributed by atoms with Gasteiger partial charge in [0.2, 0.25) is 5.91 Å². The molecule has 4 rings (SSSR count). The van der Waals surface area contributed by atoms with Crippen LogP contribution in [0.2, 0.25) is 0 Å². The summed E-state index contributed by atoms with van der Waals surface area (Å²) >= 11 is 1.84. The summed E-state index contributed by atoms with van der Waals surface area (Å²) in [6, 6.07) is 4.59. The molecule has 1 amide bonds. The van der Waals surface area contributed by atoms with Crippen LogP contribution in [0.5, 0.6) is 0 Å². The SMILES string of the molecule is Cc1ccc([C@@H]2C[C@@H]2C(=O)N2CCC[C@H]2c2c(C)nn(C)c2C)s1. The van der Waals surface area contributed by atoms with Gasteiger partial charge in [0.15, 0.2) is 0 Å². The third kappa shape index (κ3) is 2.50. The Morgan fingerprint density at radius 1 is 1.29 bits per heavy atom. The molecule has 24 heavy (non-hydrogen) atoms. The molecule has 0 radical (unpaired) electrons. The van der Waals surface area contributed by atoms with Gasteiger partial charge in [-0.1, -0.05) is 0 Å². The van der Waals surface area contributed by atoms with Gasteiger partial charge in [-0.25, -0.2) is 0 Å². The maximum atomic E-state index is 13.1. The van der Waals surface area contributed by atoms with Crippen LogP contribution in [-0.4, -0.2) is 27.1 Å². The smallest absolute Gasteiger partial charge is 0.226 e. The minimum atomic E-state index is 0.195. The zero-order valence-corrected chi connectivity index (χ0v) is 15.7. The second-order valence-corrected chi connectivity index (χ2v) is 8.61. The molecule has 1 saturated carbocycles. The molecule has 2 aromatic heterocycles. The van der Waals surface area contributed by atoms with Gasteiger partial charge >= 0.3 is 0 Å². The Morgan fingerprint density at radius 3 is 2.71 bits per heavy atom. The Labute approximate surface area is 147 Å². The van der Waals surface area contributed by atoms with Crippen LogP contribution < -0.4 is 0 Å². The second kappa shape index (κ2) is 5.73. The van der Waals surface area contributed by atoms with Gasteiger partial charge < -0.3 is 4.90 Å². The van der Waals surface area contributed by atoms with E-state index in [1.54, 1.807) is 0 Å². The topological polar surface area (TPSA) is 38.1 Å². The summed E-state index contributed by atoms with van der Waals surface area (Å²) in [5, 5.41) is 4.56. The highest BCUT2D eigenvalue weighted by atomic mass is 32.1. The fourth-order valence-corrected chi connectivity index (χ4v) is 5.31. The minimum absolute atomic E-state index is 0.195. The van der Waals surface area contributed by atoms with Gasteiger partial charge in [0.05, 0.1) is 11.7 Å². The maximum absolute atomic E-state index is 13.1. The van der Waals surface area contributed by atoms with Crippen LogP contribution in [0.15, 0.2) is 12.1 Å². The minimum Gasteiger partial charge on any atom is -0.335 e. The summed E-state index contributed by atoms with van der Waals surface area (Å²) in [6.07, 6.45) is 3.18. The van der Waals surface area contributed by atoms with E-state index in [1.165, 1.54) is 21.0 Å². The summed E-state index contributed by atoms with van der Waals surface area (Å²) in [7, 11) is 1.99. The number of hydrogen-bond donors (Lipinski definition) is 0. The van der Waals surface area contributed by atoms with Crippen molar-refractivity contribution < 1.29 is 4.79 Å². The first-order valence-corrected chi connectivity index (χ1v) is 9.66. The van der Waals surface area contributed by atoms with Crippen molar-refractivity contribution in [2.45, 2.75) is 52.0 Å². The second-order valence-electron chi connectivity index (χ2n) is 7.29. The first-order valence-electron chi connectivity index (χ1n) is 8.84. The highest BCUT2D eigenvalue weighted by Gasteiger charge is 2.48. The van der Waals surface area contributed by atoms with Crippen molar-refractivity contribution in [1.82, 2.24) is 14.7 Å². The molecule has 0 bridgehead atoms. The van der Waals surface area contributed by atoms with Crippen LogP contribution in [-0.2, 0) is 11.8 Å². The van der Waals surface area contributed by atoms with Gasteiger partial charge in [-0.3, -0.25) is 9.48 Å². The summed E-state index contributed by atoms with van der Waals surface area (Å²) in [4.78, 5) is 18.0. The van der Waals surface area contributed by atoms with E-state index >= 15 is 0 Å². The third-order valence-corrected chi connectivity index (χ3v) is 6.80. The Morgan fingerprint density at radius 2 is 2.08 bits per heavy atom. The van der Waals surface area contributed by atoms with Crippen molar-refractivity contribution >= 4 is 17.2 Å². The lowest BCUT2D eigenvalue weighted by Crippen LogP contribution is -2.32. The van der Waals surface area contributed by atoms with E-state index in [0.717, 1.165) is 31.5 Å². The molecule has 1 aliphatic carbocycles. The van der Waals surface area contributed by atoms with Crippen LogP contribution in [0.25, 0.3) is 0 Å². The summed E-state index contributed by atoms with van der Waals surface area (Å²) in [5.41, 5.74) is 3.53. The lowest BCUT2D eigenvalue weighted by molar-refractivity contribution is -0.133. The molecule has 3 atom stereocenters. The van der Waals surface area contributed by atoms with Gasteiger partial charge in [-0.15, -0.1) is 11.3 Å². The highest BCUT2D eigenvalue weighted by molar-refractivity contribution is 7.12. The van der Waals surface area contributed by atoms with Crippen LogP contribution in [0.3, 0.4) is 0 Å². The average Bonchev–Trinajstić information content (AvgIpc) is 2.84. The molecule has 0 N–H and O–H groups in total. The first kappa shape index (κ1) is 15.9. The molecule has 0 unspecified atom stereocenters. The number of thiophene rings is 1. The molecule has 3 heterocycles. The van der Waals surface area contributed by atoms with Crippen LogP contribution in [0.1, 0.15) is 57.9 Å². The number of carbonyl (C=O) groups is 1. The number of amides is 1. The van der Waals surface area contributed by atoms with Crippen molar-refractivity contribution in [3.8, 4) is 0 Å². The Kier molecular flexibility index (Phi) is 3.79. The molecule has 0 spiro atoms. The first-order chi connectivity index (χ1) is 11.5. The van der Waals surface area contributed by atoms with Crippen LogP contribution >= 0.6 is 11.3 Å². The number of aryl methyl sites for hydroxylation is 3. The molecular formula is C19H25N3OS. The molecule has 1 aliphatic heterocycles. The summed E-state index contributed by atoms with van der Waals surface area (Å²) < 4.78 is 1.94. The molecule has 2 aliphatic rings. The molecule has 2 fully saturated rings. The standard InChI is InChI=1S/C19H25N3OS/c1-11-7-8-17(24-11)14-10-15(14)19(23)22-9-5-6-16(22)18-12(2)20-21(4)13(18)3/h7-8,14-16H,5-6,9-10H2,1-4H3/t14-,15+,16+/m1/s1. The summed E-state index contributed by atoms with van der Waals surface area (Å²) in [6.45, 7) is 7.21. The maximum Gasteiger partial charge on any atom is 0.226 e. The van der Waals surface area contributed by atoms with E-state index in [0.29, 0.717) is 11.8 Å². The lowest BCUT2D eigenvalue weighted by atomic mass is 10.0. The van der Waals surface area contributed by atoms with Gasteiger partial charge in [0.1, 0.15) is 0 Å².